The molecule has 28 heavy (non-hydrogen) atoms. The molecule has 0 bridgehead atoms. The van der Waals surface area contributed by atoms with E-state index in [0.29, 0.717) is 23.5 Å². The van der Waals surface area contributed by atoms with Gasteiger partial charge >= 0.3 is 0 Å². The molecule has 0 radical (unpaired) electrons. The number of nitrogens with zero attached hydrogens (tertiary/aromatic N) is 5. The van der Waals surface area contributed by atoms with E-state index >= 15 is 0 Å². The molecule has 0 fully saturated rings. The van der Waals surface area contributed by atoms with Gasteiger partial charge in [-0.15, -0.1) is 0 Å². The van der Waals surface area contributed by atoms with Crippen molar-refractivity contribution in [1.82, 2.24) is 24.5 Å². The van der Waals surface area contributed by atoms with Crippen molar-refractivity contribution in [1.29, 1.82) is 0 Å². The van der Waals surface area contributed by atoms with E-state index in [1.54, 1.807) is 55.8 Å². The maximum atomic E-state index is 12.7. The number of hydrogen-bond donors (Lipinski definition) is 1. The highest BCUT2D eigenvalue weighted by atomic mass is 79.9. The molecule has 0 aliphatic rings. The van der Waals surface area contributed by atoms with Gasteiger partial charge in [-0.2, -0.15) is 10.2 Å². The van der Waals surface area contributed by atoms with E-state index in [4.69, 9.17) is 0 Å². The zero-order valence-corrected chi connectivity index (χ0v) is 17.7. The van der Waals surface area contributed by atoms with E-state index in [-0.39, 0.29) is 17.5 Å². The van der Waals surface area contributed by atoms with E-state index in [9.17, 15) is 9.59 Å². The molecular weight excluding hydrogens is 424 g/mol. The Morgan fingerprint density at radius 3 is 2.46 bits per heavy atom. The van der Waals surface area contributed by atoms with Gasteiger partial charge in [0.15, 0.2) is 5.69 Å². The van der Waals surface area contributed by atoms with Crippen LogP contribution in [-0.2, 0) is 13.6 Å². The number of nitrogens with one attached hydrogen (secondary N) is 1. The molecule has 8 nitrogen and oxygen atoms in total. The van der Waals surface area contributed by atoms with Crippen molar-refractivity contribution < 1.29 is 9.59 Å². The Bertz CT molecular complexity index is 1020. The van der Waals surface area contributed by atoms with Crippen LogP contribution in [-0.4, -0.2) is 50.4 Å². The first-order valence-electron chi connectivity index (χ1n) is 8.59. The standard InChI is InChI=1S/C19H21BrN6O2/c1-12-16(17(23-25(12)4)19(28)24(2)3)22-18(27)14-7-5-13(6-8-14)10-26-11-15(20)9-21-26/h5-9,11H,10H2,1-4H3,(H,22,27). The van der Waals surface area contributed by atoms with Gasteiger partial charge in [0.05, 0.1) is 28.6 Å². The second kappa shape index (κ2) is 7.97. The highest BCUT2D eigenvalue weighted by Crippen LogP contribution is 2.22. The van der Waals surface area contributed by atoms with Crippen LogP contribution in [0.15, 0.2) is 41.1 Å². The third kappa shape index (κ3) is 4.14. The first-order chi connectivity index (χ1) is 13.3. The minimum atomic E-state index is -0.294. The first kappa shape index (κ1) is 19.8. The Morgan fingerprint density at radius 1 is 1.21 bits per heavy atom. The fourth-order valence-electron chi connectivity index (χ4n) is 2.68. The number of carbonyl (C=O) groups excluding carboxylic acids is 2. The minimum Gasteiger partial charge on any atom is -0.343 e. The third-order valence-electron chi connectivity index (χ3n) is 4.34. The molecule has 0 atom stereocenters. The molecule has 9 heteroatoms. The molecule has 2 amide bonds. The maximum Gasteiger partial charge on any atom is 0.276 e. The SMILES string of the molecule is Cc1c(NC(=O)c2ccc(Cn3cc(Br)cn3)cc2)c(C(=O)N(C)C)nn1C. The van der Waals surface area contributed by atoms with E-state index < -0.39 is 0 Å². The zero-order chi connectivity index (χ0) is 20.4. The van der Waals surface area contributed by atoms with Crippen LogP contribution in [0.1, 0.15) is 32.1 Å². The third-order valence-corrected chi connectivity index (χ3v) is 4.75. The number of rotatable bonds is 5. The van der Waals surface area contributed by atoms with Crippen molar-refractivity contribution in [2.75, 3.05) is 19.4 Å². The van der Waals surface area contributed by atoms with E-state index in [0.717, 1.165) is 10.0 Å². The molecular formula is C19H21BrN6O2. The summed E-state index contributed by atoms with van der Waals surface area (Å²) in [5.41, 5.74) is 2.88. The van der Waals surface area contributed by atoms with Crippen molar-refractivity contribution in [2.45, 2.75) is 13.5 Å². The number of aromatic nitrogens is 4. The summed E-state index contributed by atoms with van der Waals surface area (Å²) in [7, 11) is 5.03. The number of carbonyl (C=O) groups is 2. The Balaban J connectivity index is 1.77. The quantitative estimate of drug-likeness (QED) is 0.655. The second-order valence-electron chi connectivity index (χ2n) is 6.64. The Kier molecular flexibility index (Phi) is 5.64. The van der Waals surface area contributed by atoms with Crippen molar-refractivity contribution in [2.24, 2.45) is 7.05 Å². The summed E-state index contributed by atoms with van der Waals surface area (Å²) >= 11 is 3.37. The molecule has 2 heterocycles. The molecule has 3 rings (SSSR count). The number of benzene rings is 1. The molecule has 2 aromatic heterocycles. The summed E-state index contributed by atoms with van der Waals surface area (Å²) in [5, 5.41) is 11.3. The van der Waals surface area contributed by atoms with E-state index in [2.05, 4.69) is 31.4 Å². The predicted molar refractivity (Wildman–Crippen MR) is 109 cm³/mol. The molecule has 0 aliphatic heterocycles. The lowest BCUT2D eigenvalue weighted by Gasteiger charge is -2.11. The van der Waals surface area contributed by atoms with Gasteiger partial charge in [-0.25, -0.2) is 0 Å². The van der Waals surface area contributed by atoms with Crippen LogP contribution >= 0.6 is 15.9 Å². The molecule has 146 valence electrons. The summed E-state index contributed by atoms with van der Waals surface area (Å²) < 4.78 is 4.30. The average molecular weight is 445 g/mol. The van der Waals surface area contributed by atoms with Crippen LogP contribution in [0.25, 0.3) is 0 Å². The molecule has 3 aromatic rings. The second-order valence-corrected chi connectivity index (χ2v) is 7.56. The topological polar surface area (TPSA) is 85.1 Å². The summed E-state index contributed by atoms with van der Waals surface area (Å²) in [6.45, 7) is 2.41. The minimum absolute atomic E-state index is 0.222. The van der Waals surface area contributed by atoms with Crippen LogP contribution in [0.2, 0.25) is 0 Å². The van der Waals surface area contributed by atoms with Crippen molar-refractivity contribution in [3.8, 4) is 0 Å². The Morgan fingerprint density at radius 2 is 1.89 bits per heavy atom. The van der Waals surface area contributed by atoms with Gasteiger partial charge in [0, 0.05) is 32.9 Å². The summed E-state index contributed by atoms with van der Waals surface area (Å²) in [6.07, 6.45) is 3.61. The van der Waals surface area contributed by atoms with E-state index in [1.165, 1.54) is 4.90 Å². The molecule has 0 saturated carbocycles. The lowest BCUT2D eigenvalue weighted by molar-refractivity contribution is 0.0822. The van der Waals surface area contributed by atoms with Gasteiger partial charge in [-0.1, -0.05) is 12.1 Å². The van der Waals surface area contributed by atoms with E-state index in [1.807, 2.05) is 18.3 Å². The van der Waals surface area contributed by atoms with Gasteiger partial charge in [-0.05, 0) is 40.5 Å². The van der Waals surface area contributed by atoms with Crippen molar-refractivity contribution in [3.05, 3.63) is 63.6 Å². The molecule has 0 unspecified atom stereocenters. The van der Waals surface area contributed by atoms with Gasteiger partial charge in [0.25, 0.3) is 11.8 Å². The summed E-state index contributed by atoms with van der Waals surface area (Å²) in [5.74, 6) is -0.558. The molecule has 0 spiro atoms. The highest BCUT2D eigenvalue weighted by Gasteiger charge is 2.23. The molecule has 0 saturated heterocycles. The summed E-state index contributed by atoms with van der Waals surface area (Å²) in [4.78, 5) is 26.5. The van der Waals surface area contributed by atoms with Gasteiger partial charge in [-0.3, -0.25) is 19.0 Å². The fraction of sp³-hybridized carbons (Fsp3) is 0.263. The van der Waals surface area contributed by atoms with Crippen LogP contribution < -0.4 is 5.32 Å². The highest BCUT2D eigenvalue weighted by molar-refractivity contribution is 9.10. The molecule has 0 aliphatic carbocycles. The fourth-order valence-corrected chi connectivity index (χ4v) is 3.01. The molecule has 1 aromatic carbocycles. The van der Waals surface area contributed by atoms with Crippen LogP contribution in [0, 0.1) is 6.92 Å². The summed E-state index contributed by atoms with van der Waals surface area (Å²) in [6, 6.07) is 7.27. The number of halogens is 1. The zero-order valence-electron chi connectivity index (χ0n) is 16.1. The predicted octanol–water partition coefficient (Wildman–Crippen LogP) is 2.69. The smallest absolute Gasteiger partial charge is 0.276 e. The lowest BCUT2D eigenvalue weighted by atomic mass is 10.1. The monoisotopic (exact) mass is 444 g/mol. The van der Waals surface area contributed by atoms with Gasteiger partial charge < -0.3 is 10.2 Å². The largest absolute Gasteiger partial charge is 0.343 e. The maximum absolute atomic E-state index is 12.7. The lowest BCUT2D eigenvalue weighted by Crippen LogP contribution is -2.24. The molecule has 1 N–H and O–H groups in total. The van der Waals surface area contributed by atoms with Gasteiger partial charge in [0.1, 0.15) is 0 Å². The number of anilines is 1. The number of hydrogen-bond acceptors (Lipinski definition) is 4. The number of amides is 2. The normalized spacial score (nSPS) is 10.8. The van der Waals surface area contributed by atoms with Crippen molar-refractivity contribution in [3.63, 3.8) is 0 Å². The van der Waals surface area contributed by atoms with Crippen LogP contribution in [0.3, 0.4) is 0 Å². The first-order valence-corrected chi connectivity index (χ1v) is 9.39. The van der Waals surface area contributed by atoms with Gasteiger partial charge in [0.2, 0.25) is 0 Å². The van der Waals surface area contributed by atoms with Crippen LogP contribution in [0.5, 0.6) is 0 Å². The van der Waals surface area contributed by atoms with Crippen molar-refractivity contribution >= 4 is 33.4 Å². The Labute approximate surface area is 171 Å². The number of aryl methyl sites for hydroxylation is 1. The average Bonchev–Trinajstić information content (AvgIpc) is 3.19. The Hall–Kier alpha value is -2.94. The van der Waals surface area contributed by atoms with Crippen LogP contribution in [0.4, 0.5) is 5.69 Å².